The first-order valence-corrected chi connectivity index (χ1v) is 8.05. The molecule has 128 valence electrons. The molecule has 0 aromatic heterocycles. The van der Waals surface area contributed by atoms with Crippen molar-refractivity contribution in [2.45, 2.75) is 0 Å². The van der Waals surface area contributed by atoms with Gasteiger partial charge in [-0.3, -0.25) is 9.59 Å². The average Bonchev–Trinajstić information content (AvgIpc) is 3.03. The molecular formula is C19H20N4O2. The molecule has 0 saturated heterocycles. The zero-order valence-corrected chi connectivity index (χ0v) is 13.8. The SMILES string of the molecule is O=C(CN1C=CN(CC(=O)Nc2ccccc2)C1)Nc1ccccc1. The molecular weight excluding hydrogens is 316 g/mol. The van der Waals surface area contributed by atoms with Crippen LogP contribution in [0.5, 0.6) is 0 Å². The van der Waals surface area contributed by atoms with Crippen molar-refractivity contribution >= 4 is 23.2 Å². The van der Waals surface area contributed by atoms with Crippen molar-refractivity contribution in [1.29, 1.82) is 0 Å². The van der Waals surface area contributed by atoms with E-state index < -0.39 is 0 Å². The van der Waals surface area contributed by atoms with E-state index in [9.17, 15) is 9.59 Å². The molecule has 6 nitrogen and oxygen atoms in total. The van der Waals surface area contributed by atoms with E-state index in [1.165, 1.54) is 0 Å². The lowest BCUT2D eigenvalue weighted by molar-refractivity contribution is -0.117. The normalized spacial score (nSPS) is 13.0. The summed E-state index contributed by atoms with van der Waals surface area (Å²) in [5, 5.41) is 5.69. The molecule has 0 unspecified atom stereocenters. The molecule has 6 heteroatoms. The minimum Gasteiger partial charge on any atom is -0.349 e. The summed E-state index contributed by atoms with van der Waals surface area (Å²) in [5.41, 5.74) is 1.55. The third kappa shape index (κ3) is 5.10. The predicted molar refractivity (Wildman–Crippen MR) is 97.6 cm³/mol. The third-order valence-electron chi connectivity index (χ3n) is 3.66. The Bertz CT molecular complexity index is 683. The standard InChI is InChI=1S/C19H20N4O2/c24-18(20-16-7-3-1-4-8-16)13-22-11-12-23(15-22)14-19(25)21-17-9-5-2-6-10-17/h1-12H,13-15H2,(H,20,24)(H,21,25). The van der Waals surface area contributed by atoms with E-state index in [1.54, 1.807) is 0 Å². The van der Waals surface area contributed by atoms with Gasteiger partial charge in [-0.25, -0.2) is 0 Å². The van der Waals surface area contributed by atoms with E-state index in [4.69, 9.17) is 0 Å². The first-order chi connectivity index (χ1) is 12.2. The molecule has 0 radical (unpaired) electrons. The van der Waals surface area contributed by atoms with Crippen molar-refractivity contribution in [2.24, 2.45) is 0 Å². The van der Waals surface area contributed by atoms with Gasteiger partial charge in [0.05, 0.1) is 19.8 Å². The second kappa shape index (κ2) is 8.01. The number of carbonyl (C=O) groups is 2. The number of rotatable bonds is 6. The summed E-state index contributed by atoms with van der Waals surface area (Å²) < 4.78 is 0. The highest BCUT2D eigenvalue weighted by atomic mass is 16.2. The first kappa shape index (κ1) is 16.6. The van der Waals surface area contributed by atoms with Gasteiger partial charge in [0.15, 0.2) is 0 Å². The van der Waals surface area contributed by atoms with Crippen LogP contribution in [0.1, 0.15) is 0 Å². The van der Waals surface area contributed by atoms with Crippen LogP contribution in [0.25, 0.3) is 0 Å². The van der Waals surface area contributed by atoms with E-state index in [-0.39, 0.29) is 24.9 Å². The summed E-state index contributed by atoms with van der Waals surface area (Å²) in [6.45, 7) is 0.981. The summed E-state index contributed by atoms with van der Waals surface area (Å²) >= 11 is 0. The van der Waals surface area contributed by atoms with Crippen LogP contribution in [0.15, 0.2) is 73.1 Å². The van der Waals surface area contributed by atoms with Crippen LogP contribution in [0.4, 0.5) is 11.4 Å². The van der Waals surface area contributed by atoms with Gasteiger partial charge in [0.25, 0.3) is 0 Å². The van der Waals surface area contributed by atoms with Crippen molar-refractivity contribution in [3.05, 3.63) is 73.1 Å². The Morgan fingerprint density at radius 3 is 1.52 bits per heavy atom. The molecule has 0 saturated carbocycles. The number of para-hydroxylation sites is 2. The summed E-state index contributed by atoms with van der Waals surface area (Å²) in [7, 11) is 0. The van der Waals surface area contributed by atoms with Crippen molar-refractivity contribution < 1.29 is 9.59 Å². The molecule has 1 aliphatic rings. The van der Waals surface area contributed by atoms with E-state index in [0.29, 0.717) is 6.67 Å². The molecule has 25 heavy (non-hydrogen) atoms. The van der Waals surface area contributed by atoms with Crippen LogP contribution < -0.4 is 10.6 Å². The first-order valence-electron chi connectivity index (χ1n) is 8.05. The molecule has 2 aromatic rings. The third-order valence-corrected chi connectivity index (χ3v) is 3.66. The van der Waals surface area contributed by atoms with Gasteiger partial charge in [-0.2, -0.15) is 0 Å². The molecule has 2 N–H and O–H groups in total. The molecule has 0 bridgehead atoms. The van der Waals surface area contributed by atoms with E-state index in [2.05, 4.69) is 10.6 Å². The Morgan fingerprint density at radius 1 is 0.720 bits per heavy atom. The van der Waals surface area contributed by atoms with Crippen molar-refractivity contribution in [1.82, 2.24) is 9.80 Å². The molecule has 0 atom stereocenters. The fourth-order valence-electron chi connectivity index (χ4n) is 2.53. The number of nitrogens with zero attached hydrogens (tertiary/aromatic N) is 2. The Labute approximate surface area is 146 Å². The van der Waals surface area contributed by atoms with Gasteiger partial charge >= 0.3 is 0 Å². The smallest absolute Gasteiger partial charge is 0.243 e. The lowest BCUT2D eigenvalue weighted by atomic mass is 10.3. The summed E-state index contributed by atoms with van der Waals surface area (Å²) in [6, 6.07) is 18.7. The number of benzene rings is 2. The van der Waals surface area contributed by atoms with Crippen molar-refractivity contribution in [3.8, 4) is 0 Å². The maximum atomic E-state index is 12.1. The topological polar surface area (TPSA) is 64.7 Å². The second-order valence-corrected chi connectivity index (χ2v) is 5.76. The van der Waals surface area contributed by atoms with Crippen LogP contribution in [0.3, 0.4) is 0 Å². The van der Waals surface area contributed by atoms with Crippen molar-refractivity contribution in [3.63, 3.8) is 0 Å². The largest absolute Gasteiger partial charge is 0.349 e. The molecule has 1 heterocycles. The molecule has 3 rings (SSSR count). The fourth-order valence-corrected chi connectivity index (χ4v) is 2.53. The van der Waals surface area contributed by atoms with E-state index in [0.717, 1.165) is 11.4 Å². The highest BCUT2D eigenvalue weighted by Crippen LogP contribution is 2.10. The Hall–Kier alpha value is -3.28. The van der Waals surface area contributed by atoms with Crippen LogP contribution in [-0.2, 0) is 9.59 Å². The second-order valence-electron chi connectivity index (χ2n) is 5.76. The zero-order chi connectivity index (χ0) is 17.5. The molecule has 0 aliphatic carbocycles. The van der Waals surface area contributed by atoms with Gasteiger partial charge in [-0.15, -0.1) is 0 Å². The van der Waals surface area contributed by atoms with Crippen LogP contribution in [0.2, 0.25) is 0 Å². The van der Waals surface area contributed by atoms with E-state index >= 15 is 0 Å². The molecule has 2 aromatic carbocycles. The highest BCUT2D eigenvalue weighted by Gasteiger charge is 2.17. The van der Waals surface area contributed by atoms with E-state index in [1.807, 2.05) is 82.9 Å². The molecule has 0 fully saturated rings. The predicted octanol–water partition coefficient (Wildman–Crippen LogP) is 2.31. The number of amides is 2. The Kier molecular flexibility index (Phi) is 5.31. The Morgan fingerprint density at radius 2 is 1.12 bits per heavy atom. The fraction of sp³-hybridized carbons (Fsp3) is 0.158. The number of nitrogens with one attached hydrogen (secondary N) is 2. The Balaban J connectivity index is 1.42. The molecule has 0 spiro atoms. The van der Waals surface area contributed by atoms with Crippen molar-refractivity contribution in [2.75, 3.05) is 30.4 Å². The van der Waals surface area contributed by atoms with Gasteiger partial charge in [-0.05, 0) is 24.3 Å². The molecule has 2 amide bonds. The summed E-state index contributed by atoms with van der Waals surface area (Å²) in [4.78, 5) is 27.8. The minimum atomic E-state index is -0.0913. The van der Waals surface area contributed by atoms with Gasteiger partial charge in [-0.1, -0.05) is 36.4 Å². The summed E-state index contributed by atoms with van der Waals surface area (Å²) in [5.74, 6) is -0.183. The minimum absolute atomic E-state index is 0.0913. The number of hydrogen-bond donors (Lipinski definition) is 2. The number of anilines is 2. The number of carbonyl (C=O) groups excluding carboxylic acids is 2. The summed E-state index contributed by atoms with van der Waals surface area (Å²) in [6.07, 6.45) is 3.64. The maximum Gasteiger partial charge on any atom is 0.243 e. The zero-order valence-electron chi connectivity index (χ0n) is 13.8. The molecule has 1 aliphatic heterocycles. The lowest BCUT2D eigenvalue weighted by Crippen LogP contribution is -2.35. The highest BCUT2D eigenvalue weighted by molar-refractivity contribution is 5.93. The lowest BCUT2D eigenvalue weighted by Gasteiger charge is -2.20. The van der Waals surface area contributed by atoms with Gasteiger partial charge in [0, 0.05) is 23.8 Å². The van der Waals surface area contributed by atoms with Gasteiger partial charge in [0.1, 0.15) is 0 Å². The van der Waals surface area contributed by atoms with Gasteiger partial charge < -0.3 is 20.4 Å². The number of hydrogen-bond acceptors (Lipinski definition) is 4. The average molecular weight is 336 g/mol. The maximum absolute atomic E-state index is 12.1. The quantitative estimate of drug-likeness (QED) is 0.850. The monoisotopic (exact) mass is 336 g/mol. The van der Waals surface area contributed by atoms with Gasteiger partial charge in [0.2, 0.25) is 11.8 Å². The van der Waals surface area contributed by atoms with Crippen LogP contribution in [0, 0.1) is 0 Å². The van der Waals surface area contributed by atoms with Crippen LogP contribution in [-0.4, -0.2) is 41.4 Å². The van der Waals surface area contributed by atoms with Crippen LogP contribution >= 0.6 is 0 Å².